The summed E-state index contributed by atoms with van der Waals surface area (Å²) < 4.78 is 0. The normalized spacial score (nSPS) is 16.6. The van der Waals surface area contributed by atoms with Crippen LogP contribution in [0.2, 0.25) is 0 Å². The molecule has 1 fully saturated rings. The fourth-order valence-electron chi connectivity index (χ4n) is 3.51. The van der Waals surface area contributed by atoms with Crippen molar-refractivity contribution in [2.24, 2.45) is 0 Å². The van der Waals surface area contributed by atoms with Crippen molar-refractivity contribution in [2.75, 3.05) is 13.1 Å². The van der Waals surface area contributed by atoms with E-state index in [0.29, 0.717) is 5.78 Å². The van der Waals surface area contributed by atoms with Gasteiger partial charge in [-0.15, -0.1) is 0 Å². The minimum absolute atomic E-state index is 0.289. The molecule has 1 aliphatic rings. The van der Waals surface area contributed by atoms with E-state index in [2.05, 4.69) is 37.8 Å². The van der Waals surface area contributed by atoms with Crippen LogP contribution in [0.4, 0.5) is 0 Å². The van der Waals surface area contributed by atoms with Gasteiger partial charge in [0.2, 0.25) is 0 Å². The van der Waals surface area contributed by atoms with E-state index >= 15 is 0 Å². The zero-order chi connectivity index (χ0) is 14.6. The summed E-state index contributed by atoms with van der Waals surface area (Å²) in [7, 11) is 0. The quantitative estimate of drug-likeness (QED) is 0.728. The van der Waals surface area contributed by atoms with E-state index in [1.165, 1.54) is 18.4 Å². The molecule has 20 heavy (non-hydrogen) atoms. The maximum Gasteiger partial charge on any atom is 0.183 e. The summed E-state index contributed by atoms with van der Waals surface area (Å²) >= 11 is 0. The molecule has 0 atom stereocenters. The zero-order valence-corrected chi connectivity index (χ0v) is 13.1. The molecule has 2 heteroatoms. The first-order valence-corrected chi connectivity index (χ1v) is 8.06. The van der Waals surface area contributed by atoms with Crippen molar-refractivity contribution in [2.45, 2.75) is 58.4 Å². The maximum atomic E-state index is 13.1. The molecule has 2 rings (SSSR count). The highest BCUT2D eigenvalue weighted by atomic mass is 16.1. The van der Waals surface area contributed by atoms with Crippen molar-refractivity contribution in [1.82, 2.24) is 4.90 Å². The van der Waals surface area contributed by atoms with Gasteiger partial charge in [0.15, 0.2) is 5.78 Å². The average molecular weight is 273 g/mol. The van der Waals surface area contributed by atoms with Crippen LogP contribution < -0.4 is 0 Å². The van der Waals surface area contributed by atoms with E-state index in [1.807, 2.05) is 12.1 Å². The summed E-state index contributed by atoms with van der Waals surface area (Å²) in [6, 6.07) is 8.19. The Kier molecular flexibility index (Phi) is 4.98. The summed E-state index contributed by atoms with van der Waals surface area (Å²) in [5.74, 6) is 0.319. The van der Waals surface area contributed by atoms with Crippen LogP contribution in [0.5, 0.6) is 0 Å². The number of carbonyl (C=O) groups excluding carboxylic acids is 1. The lowest BCUT2D eigenvalue weighted by Crippen LogP contribution is -2.52. The van der Waals surface area contributed by atoms with Gasteiger partial charge in [0.1, 0.15) is 0 Å². The number of benzene rings is 1. The first kappa shape index (κ1) is 15.2. The number of aryl methyl sites for hydroxylation is 1. The van der Waals surface area contributed by atoms with Crippen LogP contribution in [0, 0.1) is 0 Å². The fourth-order valence-corrected chi connectivity index (χ4v) is 3.51. The monoisotopic (exact) mass is 273 g/mol. The predicted octanol–water partition coefficient (Wildman–Crippen LogP) is 4.09. The summed E-state index contributed by atoms with van der Waals surface area (Å²) in [5, 5.41) is 0. The highest BCUT2D eigenvalue weighted by molar-refractivity contribution is 6.03. The van der Waals surface area contributed by atoms with Gasteiger partial charge >= 0.3 is 0 Å². The number of carbonyl (C=O) groups is 1. The Morgan fingerprint density at radius 2 is 1.80 bits per heavy atom. The third-order valence-electron chi connectivity index (χ3n) is 4.90. The molecule has 0 aromatic heterocycles. The molecule has 0 amide bonds. The van der Waals surface area contributed by atoms with E-state index in [9.17, 15) is 4.79 Å². The van der Waals surface area contributed by atoms with Gasteiger partial charge in [0.25, 0.3) is 0 Å². The number of rotatable bonds is 6. The van der Waals surface area contributed by atoms with E-state index in [4.69, 9.17) is 0 Å². The predicted molar refractivity (Wildman–Crippen MR) is 84.3 cm³/mol. The molecule has 0 aliphatic carbocycles. The number of Topliss-reactive ketones (excluding diaryl/α,β-unsaturated/α-hetero) is 1. The second kappa shape index (κ2) is 6.53. The maximum absolute atomic E-state index is 13.1. The number of likely N-dealkylation sites (tertiary alicyclic amines) is 1. The molecule has 1 saturated heterocycles. The third-order valence-corrected chi connectivity index (χ3v) is 4.90. The summed E-state index contributed by atoms with van der Waals surface area (Å²) in [6.07, 6.45) is 5.24. The van der Waals surface area contributed by atoms with Gasteiger partial charge in [-0.05, 0) is 56.8 Å². The van der Waals surface area contributed by atoms with Crippen LogP contribution in [0.1, 0.15) is 62.4 Å². The lowest BCUT2D eigenvalue weighted by atomic mass is 9.82. The fraction of sp³-hybridized carbons (Fsp3) is 0.611. The Labute approximate surface area is 123 Å². The Bertz CT molecular complexity index is 456. The zero-order valence-electron chi connectivity index (χ0n) is 13.1. The number of nitrogens with zero attached hydrogens (tertiary/aromatic N) is 1. The molecule has 1 aromatic carbocycles. The van der Waals surface area contributed by atoms with Crippen LogP contribution in [0.3, 0.4) is 0 Å². The van der Waals surface area contributed by atoms with Gasteiger partial charge in [-0.2, -0.15) is 0 Å². The van der Waals surface area contributed by atoms with Crippen molar-refractivity contribution in [3.05, 3.63) is 35.4 Å². The molecule has 0 radical (unpaired) electrons. The molecule has 110 valence electrons. The minimum Gasteiger partial charge on any atom is -0.292 e. The van der Waals surface area contributed by atoms with Crippen LogP contribution in [-0.2, 0) is 6.42 Å². The Morgan fingerprint density at radius 3 is 2.35 bits per heavy atom. The van der Waals surface area contributed by atoms with Crippen molar-refractivity contribution < 1.29 is 4.79 Å². The molecule has 1 aromatic rings. The van der Waals surface area contributed by atoms with Crippen LogP contribution >= 0.6 is 0 Å². The molecule has 0 unspecified atom stereocenters. The van der Waals surface area contributed by atoms with Gasteiger partial charge in [-0.25, -0.2) is 0 Å². The van der Waals surface area contributed by atoms with Gasteiger partial charge in [0.05, 0.1) is 5.54 Å². The number of hydrogen-bond donors (Lipinski definition) is 0. The standard InChI is InChI=1S/C18H27NO/c1-4-15-10-9-11-16(14-15)17(20)18(5-2,6-3)19-12-7-8-13-19/h9-11,14H,4-8,12-13H2,1-3H3. The van der Waals surface area contributed by atoms with Crippen molar-refractivity contribution >= 4 is 5.78 Å². The van der Waals surface area contributed by atoms with E-state index < -0.39 is 0 Å². The van der Waals surface area contributed by atoms with Crippen LogP contribution in [-0.4, -0.2) is 29.3 Å². The number of ketones is 1. The Hall–Kier alpha value is -1.15. The van der Waals surface area contributed by atoms with E-state index in [-0.39, 0.29) is 5.54 Å². The highest BCUT2D eigenvalue weighted by Crippen LogP contribution is 2.32. The largest absolute Gasteiger partial charge is 0.292 e. The Morgan fingerprint density at radius 1 is 1.15 bits per heavy atom. The summed E-state index contributed by atoms with van der Waals surface area (Å²) in [5.41, 5.74) is 1.85. The van der Waals surface area contributed by atoms with Crippen molar-refractivity contribution in [3.63, 3.8) is 0 Å². The summed E-state index contributed by atoms with van der Waals surface area (Å²) in [6.45, 7) is 8.59. The number of hydrogen-bond acceptors (Lipinski definition) is 2. The first-order chi connectivity index (χ1) is 9.67. The molecular formula is C18H27NO. The van der Waals surface area contributed by atoms with Gasteiger partial charge < -0.3 is 0 Å². The van der Waals surface area contributed by atoms with Crippen LogP contribution in [0.25, 0.3) is 0 Å². The molecule has 0 saturated carbocycles. The highest BCUT2D eigenvalue weighted by Gasteiger charge is 2.41. The molecule has 0 N–H and O–H groups in total. The van der Waals surface area contributed by atoms with Crippen molar-refractivity contribution in [3.8, 4) is 0 Å². The van der Waals surface area contributed by atoms with Crippen molar-refractivity contribution in [1.29, 1.82) is 0 Å². The van der Waals surface area contributed by atoms with Gasteiger partial charge in [-0.3, -0.25) is 9.69 Å². The minimum atomic E-state index is -0.289. The molecule has 1 heterocycles. The lowest BCUT2D eigenvalue weighted by molar-refractivity contribution is 0.0581. The molecule has 0 bridgehead atoms. The SMILES string of the molecule is CCc1cccc(C(=O)C(CC)(CC)N2CCCC2)c1. The van der Waals surface area contributed by atoms with E-state index in [1.54, 1.807) is 0 Å². The topological polar surface area (TPSA) is 20.3 Å². The Balaban J connectivity index is 2.34. The molecule has 2 nitrogen and oxygen atoms in total. The summed E-state index contributed by atoms with van der Waals surface area (Å²) in [4.78, 5) is 15.6. The second-order valence-electron chi connectivity index (χ2n) is 5.82. The average Bonchev–Trinajstić information content (AvgIpc) is 3.04. The van der Waals surface area contributed by atoms with E-state index in [0.717, 1.165) is 37.9 Å². The van der Waals surface area contributed by atoms with Crippen LogP contribution in [0.15, 0.2) is 24.3 Å². The van der Waals surface area contributed by atoms with Gasteiger partial charge in [-0.1, -0.05) is 39.0 Å². The molecular weight excluding hydrogens is 246 g/mol. The molecule has 0 spiro atoms. The molecule has 1 aliphatic heterocycles. The second-order valence-corrected chi connectivity index (χ2v) is 5.82. The smallest absolute Gasteiger partial charge is 0.183 e. The first-order valence-electron chi connectivity index (χ1n) is 8.06. The third kappa shape index (κ3) is 2.67. The van der Waals surface area contributed by atoms with Gasteiger partial charge in [0, 0.05) is 5.56 Å². The lowest BCUT2D eigenvalue weighted by Gasteiger charge is -2.39.